The van der Waals surface area contributed by atoms with Gasteiger partial charge in [0.15, 0.2) is 18.1 Å². The molecule has 0 spiro atoms. The fourth-order valence-electron chi connectivity index (χ4n) is 2.52. The quantitative estimate of drug-likeness (QED) is 0.706. The van der Waals surface area contributed by atoms with Crippen LogP contribution in [-0.4, -0.2) is 39.8 Å². The Labute approximate surface area is 157 Å². The molecular weight excluding hydrogens is 354 g/mol. The number of hydrogen-bond donors (Lipinski definition) is 1. The van der Waals surface area contributed by atoms with E-state index < -0.39 is 18.5 Å². The van der Waals surface area contributed by atoms with Crippen LogP contribution in [0.2, 0.25) is 0 Å². The molecule has 0 bridgehead atoms. The van der Waals surface area contributed by atoms with E-state index in [4.69, 9.17) is 23.4 Å². The van der Waals surface area contributed by atoms with Gasteiger partial charge in [0, 0.05) is 18.2 Å². The fourth-order valence-corrected chi connectivity index (χ4v) is 2.52. The first-order chi connectivity index (χ1) is 12.9. The molecule has 1 aromatic carbocycles. The van der Waals surface area contributed by atoms with Crippen molar-refractivity contribution >= 4 is 11.9 Å². The van der Waals surface area contributed by atoms with Crippen LogP contribution in [0.15, 0.2) is 22.6 Å². The molecule has 1 N–H and O–H groups in total. The zero-order valence-electron chi connectivity index (χ0n) is 16.0. The Morgan fingerprint density at radius 3 is 2.15 bits per heavy atom. The first-order valence-electron chi connectivity index (χ1n) is 8.19. The largest absolute Gasteiger partial charge is 0.496 e. The van der Waals surface area contributed by atoms with Crippen LogP contribution in [0.1, 0.15) is 27.4 Å². The third-order valence-electron chi connectivity index (χ3n) is 3.86. The molecule has 2 rings (SSSR count). The molecular formula is C19H23NO7. The normalized spacial score (nSPS) is 10.3. The molecule has 0 saturated carbocycles. The lowest BCUT2D eigenvalue weighted by atomic mass is 10.1. The zero-order chi connectivity index (χ0) is 20.0. The number of aryl methyl sites for hydroxylation is 2. The molecule has 0 saturated heterocycles. The smallest absolute Gasteiger partial charge is 0.342 e. The average molecular weight is 377 g/mol. The second-order valence-electron chi connectivity index (χ2n) is 5.70. The maximum Gasteiger partial charge on any atom is 0.342 e. The van der Waals surface area contributed by atoms with Crippen LogP contribution in [-0.2, 0) is 16.1 Å². The number of rotatable bonds is 8. The summed E-state index contributed by atoms with van der Waals surface area (Å²) in [7, 11) is 4.56. The van der Waals surface area contributed by atoms with E-state index >= 15 is 0 Å². The van der Waals surface area contributed by atoms with E-state index in [1.54, 1.807) is 32.0 Å². The van der Waals surface area contributed by atoms with Gasteiger partial charge < -0.3 is 28.7 Å². The van der Waals surface area contributed by atoms with Crippen molar-refractivity contribution in [3.8, 4) is 17.2 Å². The maximum absolute atomic E-state index is 12.0. The van der Waals surface area contributed by atoms with Crippen LogP contribution in [0.3, 0.4) is 0 Å². The van der Waals surface area contributed by atoms with E-state index in [2.05, 4.69) is 5.32 Å². The van der Waals surface area contributed by atoms with E-state index in [1.807, 2.05) is 0 Å². The lowest BCUT2D eigenvalue weighted by Crippen LogP contribution is -2.28. The number of carbonyl (C=O) groups excluding carboxylic acids is 2. The van der Waals surface area contributed by atoms with E-state index in [0.29, 0.717) is 39.9 Å². The molecule has 1 aromatic heterocycles. The summed E-state index contributed by atoms with van der Waals surface area (Å²) in [6, 6.07) is 4.95. The second kappa shape index (κ2) is 8.98. The number of benzene rings is 1. The summed E-state index contributed by atoms with van der Waals surface area (Å²) in [5, 5.41) is 2.67. The minimum atomic E-state index is -0.608. The predicted octanol–water partition coefficient (Wildman–Crippen LogP) is 2.40. The molecule has 1 heterocycles. The van der Waals surface area contributed by atoms with Crippen LogP contribution >= 0.6 is 0 Å². The minimum absolute atomic E-state index is 0.170. The summed E-state index contributed by atoms with van der Waals surface area (Å²) >= 11 is 0. The van der Waals surface area contributed by atoms with Crippen LogP contribution in [0.4, 0.5) is 0 Å². The fraction of sp³-hybridized carbons (Fsp3) is 0.368. The third-order valence-corrected chi connectivity index (χ3v) is 3.86. The molecule has 8 heteroatoms. The Morgan fingerprint density at radius 1 is 0.963 bits per heavy atom. The Kier molecular flexibility index (Phi) is 6.70. The summed E-state index contributed by atoms with van der Waals surface area (Å²) < 4.78 is 26.1. The number of furan rings is 1. The van der Waals surface area contributed by atoms with Gasteiger partial charge in [0.1, 0.15) is 22.8 Å². The summed E-state index contributed by atoms with van der Waals surface area (Å²) in [6.45, 7) is 3.15. The number of hydrogen-bond acceptors (Lipinski definition) is 7. The molecule has 8 nitrogen and oxygen atoms in total. The SMILES string of the molecule is COc1cc(OC)c(OC)cc1CNC(=O)COC(=O)c1cc(C)oc1C. The van der Waals surface area contributed by atoms with Crippen molar-refractivity contribution in [3.63, 3.8) is 0 Å². The summed E-state index contributed by atoms with van der Waals surface area (Å²) in [5.74, 6) is 1.57. The zero-order valence-corrected chi connectivity index (χ0v) is 16.0. The summed E-state index contributed by atoms with van der Waals surface area (Å²) in [5.41, 5.74) is 0.998. The van der Waals surface area contributed by atoms with Gasteiger partial charge >= 0.3 is 5.97 Å². The van der Waals surface area contributed by atoms with Crippen molar-refractivity contribution in [1.29, 1.82) is 0 Å². The van der Waals surface area contributed by atoms with Crippen LogP contribution < -0.4 is 19.5 Å². The van der Waals surface area contributed by atoms with Gasteiger partial charge in [0.25, 0.3) is 5.91 Å². The molecule has 0 radical (unpaired) electrons. The summed E-state index contributed by atoms with van der Waals surface area (Å²) in [6.07, 6.45) is 0. The van der Waals surface area contributed by atoms with Crippen molar-refractivity contribution in [2.24, 2.45) is 0 Å². The topological polar surface area (TPSA) is 96.2 Å². The van der Waals surface area contributed by atoms with Gasteiger partial charge in [-0.1, -0.05) is 0 Å². The maximum atomic E-state index is 12.0. The number of ether oxygens (including phenoxy) is 4. The molecule has 0 unspecified atom stereocenters. The molecule has 146 valence electrons. The van der Waals surface area contributed by atoms with Crippen molar-refractivity contribution < 1.29 is 33.0 Å². The lowest BCUT2D eigenvalue weighted by Gasteiger charge is -2.14. The van der Waals surface area contributed by atoms with E-state index in [0.717, 1.165) is 0 Å². The van der Waals surface area contributed by atoms with Gasteiger partial charge in [-0.2, -0.15) is 0 Å². The second-order valence-corrected chi connectivity index (χ2v) is 5.70. The minimum Gasteiger partial charge on any atom is -0.496 e. The van der Waals surface area contributed by atoms with Crippen molar-refractivity contribution in [2.75, 3.05) is 27.9 Å². The molecule has 0 aliphatic carbocycles. The third kappa shape index (κ3) is 4.93. The summed E-state index contributed by atoms with van der Waals surface area (Å²) in [4.78, 5) is 24.0. The van der Waals surface area contributed by atoms with Gasteiger partial charge in [-0.05, 0) is 26.0 Å². The van der Waals surface area contributed by atoms with Crippen molar-refractivity contribution in [2.45, 2.75) is 20.4 Å². The van der Waals surface area contributed by atoms with Crippen LogP contribution in [0.5, 0.6) is 17.2 Å². The van der Waals surface area contributed by atoms with Crippen LogP contribution in [0.25, 0.3) is 0 Å². The highest BCUT2D eigenvalue weighted by molar-refractivity contribution is 5.92. The Morgan fingerprint density at radius 2 is 1.59 bits per heavy atom. The predicted molar refractivity (Wildman–Crippen MR) is 96.4 cm³/mol. The van der Waals surface area contributed by atoms with E-state index in [1.165, 1.54) is 21.3 Å². The highest BCUT2D eigenvalue weighted by atomic mass is 16.5. The number of carbonyl (C=O) groups is 2. The monoisotopic (exact) mass is 377 g/mol. The van der Waals surface area contributed by atoms with Gasteiger partial charge in [-0.25, -0.2) is 4.79 Å². The van der Waals surface area contributed by atoms with Gasteiger partial charge in [-0.15, -0.1) is 0 Å². The molecule has 0 aliphatic rings. The standard InChI is InChI=1S/C19H23NO7/c1-11-6-14(12(2)27-11)19(22)26-10-18(21)20-9-13-7-16(24-4)17(25-5)8-15(13)23-3/h6-8H,9-10H2,1-5H3,(H,20,21). The van der Waals surface area contributed by atoms with Gasteiger partial charge in [-0.3, -0.25) is 4.79 Å². The Hall–Kier alpha value is -3.16. The number of methoxy groups -OCH3 is 3. The van der Waals surface area contributed by atoms with Gasteiger partial charge in [0.2, 0.25) is 0 Å². The molecule has 2 aromatic rings. The van der Waals surface area contributed by atoms with E-state index in [-0.39, 0.29) is 6.54 Å². The molecule has 27 heavy (non-hydrogen) atoms. The molecule has 0 aliphatic heterocycles. The molecule has 0 fully saturated rings. The Bertz CT molecular complexity index is 826. The lowest BCUT2D eigenvalue weighted by molar-refractivity contribution is -0.124. The number of esters is 1. The first-order valence-corrected chi connectivity index (χ1v) is 8.19. The van der Waals surface area contributed by atoms with Crippen molar-refractivity contribution in [1.82, 2.24) is 5.32 Å². The Balaban J connectivity index is 1.95. The molecule has 1 amide bonds. The molecule has 0 atom stereocenters. The van der Waals surface area contributed by atoms with Gasteiger partial charge in [0.05, 0.1) is 21.3 Å². The van der Waals surface area contributed by atoms with Crippen LogP contribution in [0, 0.1) is 13.8 Å². The average Bonchev–Trinajstić information content (AvgIpc) is 3.01. The van der Waals surface area contributed by atoms with Crippen molar-refractivity contribution in [3.05, 3.63) is 40.8 Å². The highest BCUT2D eigenvalue weighted by Crippen LogP contribution is 2.34. The first kappa shape index (κ1) is 20.2. The highest BCUT2D eigenvalue weighted by Gasteiger charge is 2.17. The number of amides is 1. The number of nitrogens with one attached hydrogen (secondary N) is 1. The van der Waals surface area contributed by atoms with E-state index in [9.17, 15) is 9.59 Å².